The van der Waals surface area contributed by atoms with Crippen molar-refractivity contribution in [3.05, 3.63) is 58.8 Å². The van der Waals surface area contributed by atoms with Crippen LogP contribution in [0.25, 0.3) is 11.0 Å². The van der Waals surface area contributed by atoms with Crippen LogP contribution in [-0.4, -0.2) is 65.7 Å². The molecule has 1 aromatic heterocycles. The third-order valence-electron chi connectivity index (χ3n) is 5.65. The van der Waals surface area contributed by atoms with E-state index in [1.807, 2.05) is 4.90 Å². The minimum absolute atomic E-state index is 0.0522. The number of aromatic nitrogens is 2. The van der Waals surface area contributed by atoms with Gasteiger partial charge in [0.15, 0.2) is 0 Å². The first-order valence-corrected chi connectivity index (χ1v) is 11.7. The Balaban J connectivity index is 1.41. The Morgan fingerprint density at radius 1 is 1.03 bits per heavy atom. The summed E-state index contributed by atoms with van der Waals surface area (Å²) in [5.74, 6) is -0.718. The number of anilines is 1. The van der Waals surface area contributed by atoms with E-state index in [4.69, 9.17) is 0 Å². The van der Waals surface area contributed by atoms with Crippen molar-refractivity contribution in [3.63, 3.8) is 0 Å². The van der Waals surface area contributed by atoms with Crippen molar-refractivity contribution >= 4 is 32.7 Å². The second-order valence-corrected chi connectivity index (χ2v) is 9.69. The van der Waals surface area contributed by atoms with Crippen LogP contribution in [0.3, 0.4) is 0 Å². The number of fused-ring (bicyclic) bond motifs is 1. The van der Waals surface area contributed by atoms with E-state index in [1.165, 1.54) is 16.4 Å². The maximum atomic E-state index is 13.2. The van der Waals surface area contributed by atoms with Crippen LogP contribution in [0.2, 0.25) is 0 Å². The molecule has 0 unspecified atom stereocenters. The number of hydrogen-bond acceptors (Lipinski definition) is 5. The van der Waals surface area contributed by atoms with E-state index in [2.05, 4.69) is 15.3 Å². The number of amides is 1. The molecule has 11 heteroatoms. The third kappa shape index (κ3) is 4.59. The van der Waals surface area contributed by atoms with E-state index in [9.17, 15) is 22.4 Å². The molecule has 3 N–H and O–H groups in total. The summed E-state index contributed by atoms with van der Waals surface area (Å²) in [6.07, 6.45) is 0.564. The summed E-state index contributed by atoms with van der Waals surface area (Å²) >= 11 is 0. The lowest BCUT2D eigenvalue weighted by Gasteiger charge is -2.27. The first-order valence-electron chi connectivity index (χ1n) is 10.3. The van der Waals surface area contributed by atoms with Gasteiger partial charge in [-0.2, -0.15) is 4.31 Å². The molecule has 9 nitrogen and oxygen atoms in total. The average Bonchev–Trinajstić information content (AvgIpc) is 2.96. The van der Waals surface area contributed by atoms with Gasteiger partial charge in [-0.1, -0.05) is 0 Å². The number of benzene rings is 2. The Labute approximate surface area is 184 Å². The molecule has 4 rings (SSSR count). The van der Waals surface area contributed by atoms with Crippen LogP contribution >= 0.6 is 0 Å². The molecule has 1 aliphatic rings. The summed E-state index contributed by atoms with van der Waals surface area (Å²) in [7, 11) is -3.73. The molecule has 0 radical (unpaired) electrons. The highest BCUT2D eigenvalue weighted by molar-refractivity contribution is 7.89. The highest BCUT2D eigenvalue weighted by Crippen LogP contribution is 2.20. The summed E-state index contributed by atoms with van der Waals surface area (Å²) in [6, 6.07) is 9.39. The molecule has 0 aliphatic carbocycles. The number of aromatic amines is 2. The lowest BCUT2D eigenvalue weighted by Crippen LogP contribution is -2.44. The van der Waals surface area contributed by atoms with Crippen molar-refractivity contribution in [2.75, 3.05) is 31.5 Å². The molecule has 3 aromatic rings. The number of carbonyl (C=O) groups is 1. The second kappa shape index (κ2) is 8.85. The number of halogens is 1. The van der Waals surface area contributed by atoms with Gasteiger partial charge in [-0.15, -0.1) is 0 Å². The summed E-state index contributed by atoms with van der Waals surface area (Å²) in [6.45, 7) is 3.28. The molecular weight excluding hydrogens is 437 g/mol. The number of imidazole rings is 1. The van der Waals surface area contributed by atoms with Gasteiger partial charge in [0.2, 0.25) is 15.9 Å². The van der Waals surface area contributed by atoms with Gasteiger partial charge < -0.3 is 15.3 Å². The van der Waals surface area contributed by atoms with E-state index in [-0.39, 0.29) is 23.0 Å². The molecule has 2 aromatic carbocycles. The fraction of sp³-hybridized carbons (Fsp3) is 0.333. The number of H-pyrrole nitrogens is 2. The van der Waals surface area contributed by atoms with E-state index in [0.29, 0.717) is 42.8 Å². The first-order chi connectivity index (χ1) is 15.2. The predicted octanol–water partition coefficient (Wildman–Crippen LogP) is 1.72. The molecule has 1 atom stereocenters. The number of nitrogens with zero attached hydrogens (tertiary/aromatic N) is 2. The number of nitrogens with one attached hydrogen (secondary N) is 3. The van der Waals surface area contributed by atoms with Crippen molar-refractivity contribution in [1.82, 2.24) is 19.2 Å². The molecule has 2 heterocycles. The maximum Gasteiger partial charge on any atom is 0.323 e. The van der Waals surface area contributed by atoms with Crippen LogP contribution < -0.4 is 11.0 Å². The predicted molar refractivity (Wildman–Crippen MR) is 118 cm³/mol. The average molecular weight is 462 g/mol. The minimum Gasteiger partial charge on any atom is -0.325 e. The van der Waals surface area contributed by atoms with Gasteiger partial charge in [-0.25, -0.2) is 17.6 Å². The van der Waals surface area contributed by atoms with Crippen LogP contribution in [0.1, 0.15) is 13.3 Å². The number of hydrogen-bond donors (Lipinski definition) is 3. The van der Waals surface area contributed by atoms with Crippen LogP contribution in [0, 0.1) is 5.82 Å². The van der Waals surface area contributed by atoms with E-state index in [1.54, 1.807) is 25.1 Å². The molecule has 0 saturated carbocycles. The van der Waals surface area contributed by atoms with E-state index < -0.39 is 21.9 Å². The summed E-state index contributed by atoms with van der Waals surface area (Å²) < 4.78 is 40.3. The van der Waals surface area contributed by atoms with Gasteiger partial charge in [0.1, 0.15) is 5.82 Å². The fourth-order valence-corrected chi connectivity index (χ4v) is 5.29. The zero-order chi connectivity index (χ0) is 22.9. The van der Waals surface area contributed by atoms with Crippen molar-refractivity contribution < 1.29 is 17.6 Å². The largest absolute Gasteiger partial charge is 0.325 e. The van der Waals surface area contributed by atoms with Crippen LogP contribution in [-0.2, 0) is 14.8 Å². The third-order valence-corrected chi connectivity index (χ3v) is 7.56. The summed E-state index contributed by atoms with van der Waals surface area (Å²) in [5, 5.41) is 2.85. The number of sulfonamides is 1. The normalized spacial score (nSPS) is 17.2. The fourth-order valence-electron chi connectivity index (χ4n) is 3.82. The van der Waals surface area contributed by atoms with Crippen LogP contribution in [0.5, 0.6) is 0 Å². The SMILES string of the molecule is C[C@H](C(=O)Nc1ccc2[nH]c(=O)[nH]c2c1)N1CCCN(S(=O)(=O)c2ccc(F)cc2)CC1. The Morgan fingerprint density at radius 3 is 2.50 bits per heavy atom. The summed E-state index contributed by atoms with van der Waals surface area (Å²) in [5.41, 5.74) is 1.48. The highest BCUT2D eigenvalue weighted by atomic mass is 32.2. The molecular formula is C21H24FN5O4S. The van der Waals surface area contributed by atoms with Crippen LogP contribution in [0.15, 0.2) is 52.2 Å². The van der Waals surface area contributed by atoms with Gasteiger partial charge >= 0.3 is 5.69 Å². The van der Waals surface area contributed by atoms with Gasteiger partial charge in [0.25, 0.3) is 0 Å². The lowest BCUT2D eigenvalue weighted by atomic mass is 10.2. The molecule has 1 saturated heterocycles. The molecule has 1 fully saturated rings. The zero-order valence-electron chi connectivity index (χ0n) is 17.5. The van der Waals surface area contributed by atoms with E-state index >= 15 is 0 Å². The first kappa shape index (κ1) is 22.2. The smallest absolute Gasteiger partial charge is 0.323 e. The molecule has 1 amide bonds. The van der Waals surface area contributed by atoms with Gasteiger partial charge in [0, 0.05) is 31.9 Å². The Kier molecular flexibility index (Phi) is 6.13. The highest BCUT2D eigenvalue weighted by Gasteiger charge is 2.30. The quantitative estimate of drug-likeness (QED) is 0.535. The molecule has 0 spiro atoms. The lowest BCUT2D eigenvalue weighted by molar-refractivity contribution is -0.120. The van der Waals surface area contributed by atoms with Crippen molar-refractivity contribution in [2.24, 2.45) is 0 Å². The monoisotopic (exact) mass is 461 g/mol. The van der Waals surface area contributed by atoms with Gasteiger partial charge in [0.05, 0.1) is 22.0 Å². The molecule has 32 heavy (non-hydrogen) atoms. The molecule has 1 aliphatic heterocycles. The molecule has 0 bridgehead atoms. The van der Waals surface area contributed by atoms with Gasteiger partial charge in [-0.3, -0.25) is 9.69 Å². The molecule has 170 valence electrons. The topological polar surface area (TPSA) is 118 Å². The van der Waals surface area contributed by atoms with E-state index in [0.717, 1.165) is 12.1 Å². The standard InChI is InChI=1S/C21H24FN5O4S/c1-14(20(28)23-16-5-8-18-19(13-16)25-21(29)24-18)26-9-2-10-27(12-11-26)32(30,31)17-6-3-15(22)4-7-17/h3-8,13-14H,2,9-12H2,1H3,(H,23,28)(H2,24,25,29)/t14-/m1/s1. The Morgan fingerprint density at radius 2 is 1.75 bits per heavy atom. The Hall–Kier alpha value is -3.02. The number of rotatable bonds is 5. The maximum absolute atomic E-state index is 13.2. The van der Waals surface area contributed by atoms with Crippen molar-refractivity contribution in [3.8, 4) is 0 Å². The number of carbonyl (C=O) groups excluding carboxylic acids is 1. The van der Waals surface area contributed by atoms with Gasteiger partial charge in [-0.05, 0) is 55.8 Å². The van der Waals surface area contributed by atoms with Crippen LogP contribution in [0.4, 0.5) is 10.1 Å². The minimum atomic E-state index is -3.73. The Bertz CT molecular complexity index is 1290. The zero-order valence-corrected chi connectivity index (χ0v) is 18.3. The van der Waals surface area contributed by atoms with Crippen molar-refractivity contribution in [2.45, 2.75) is 24.3 Å². The second-order valence-electron chi connectivity index (χ2n) is 7.75. The van der Waals surface area contributed by atoms with Crippen molar-refractivity contribution in [1.29, 1.82) is 0 Å². The summed E-state index contributed by atoms with van der Waals surface area (Å²) in [4.78, 5) is 31.5.